The number of methoxy groups -OCH3 is 2. The number of hydrogen-bond acceptors (Lipinski definition) is 16. The van der Waals surface area contributed by atoms with Crippen molar-refractivity contribution in [2.45, 2.75) is 13.8 Å². The molecule has 0 aliphatic rings. The van der Waals surface area contributed by atoms with Gasteiger partial charge >= 0.3 is 11.9 Å². The first-order valence-corrected chi connectivity index (χ1v) is 13.1. The molecule has 0 saturated carbocycles. The van der Waals surface area contributed by atoms with Gasteiger partial charge in [0.2, 0.25) is 0 Å². The van der Waals surface area contributed by atoms with Crippen LogP contribution in [-0.4, -0.2) is 82.3 Å². The average Bonchev–Trinajstić information content (AvgIpc) is 3.77. The maximum absolute atomic E-state index is 12.1. The third-order valence-electron chi connectivity index (χ3n) is 6.52. The number of rotatable bonds is 9. The summed E-state index contributed by atoms with van der Waals surface area (Å²) in [7, 11) is 7.47. The summed E-state index contributed by atoms with van der Waals surface area (Å²) in [5.41, 5.74) is 8.36. The number of aromatic nitrogens is 10. The van der Waals surface area contributed by atoms with Crippen molar-refractivity contribution in [3.05, 3.63) is 47.3 Å². The number of hydrogen-bond donors (Lipinski definition) is 2. The first-order chi connectivity index (χ1) is 21.6. The van der Waals surface area contributed by atoms with Gasteiger partial charge in [0.05, 0.1) is 38.0 Å². The van der Waals surface area contributed by atoms with Crippen LogP contribution in [0.1, 0.15) is 32.1 Å². The standard InChI is InChI=1S/C25H28N16O4/c1-12-18(32-34-21-14(24(42)44-6)9-30-38(21)4)20(26)40(36-12)16-8-17(29-11-28-16)41-23(27-3)19(13(2)37-41)33-35-22-15(25(43)45-7)10-31-39(22)5/h8-11,27H,26H2,1-7H3/b34-32+,35-33+. The first kappa shape index (κ1) is 30.1. The van der Waals surface area contributed by atoms with E-state index in [1.165, 1.54) is 51.7 Å². The summed E-state index contributed by atoms with van der Waals surface area (Å²) in [5.74, 6) is 0.472. The highest BCUT2D eigenvalue weighted by atomic mass is 16.5. The quantitative estimate of drug-likeness (QED) is 0.179. The number of aryl methyl sites for hydroxylation is 4. The lowest BCUT2D eigenvalue weighted by atomic mass is 10.3. The molecule has 3 N–H and O–H groups in total. The highest BCUT2D eigenvalue weighted by molar-refractivity contribution is 5.94. The summed E-state index contributed by atoms with van der Waals surface area (Å²) >= 11 is 0. The number of esters is 2. The van der Waals surface area contributed by atoms with Crippen LogP contribution in [-0.2, 0) is 23.6 Å². The highest BCUT2D eigenvalue weighted by Crippen LogP contribution is 2.34. The second-order valence-corrected chi connectivity index (χ2v) is 9.30. The van der Waals surface area contributed by atoms with Gasteiger partial charge in [0, 0.05) is 27.2 Å². The Morgan fingerprint density at radius 2 is 1.29 bits per heavy atom. The van der Waals surface area contributed by atoms with Crippen LogP contribution in [0.3, 0.4) is 0 Å². The number of ether oxygens (including phenoxy) is 2. The molecule has 45 heavy (non-hydrogen) atoms. The van der Waals surface area contributed by atoms with Crippen LogP contribution in [0.2, 0.25) is 0 Å². The monoisotopic (exact) mass is 616 g/mol. The van der Waals surface area contributed by atoms with Crippen LogP contribution in [0.25, 0.3) is 11.6 Å². The van der Waals surface area contributed by atoms with Crippen LogP contribution >= 0.6 is 0 Å². The Bertz CT molecular complexity index is 1980. The Balaban J connectivity index is 1.49. The molecule has 0 aliphatic heterocycles. The highest BCUT2D eigenvalue weighted by Gasteiger charge is 2.22. The second-order valence-electron chi connectivity index (χ2n) is 9.30. The molecule has 20 nitrogen and oxygen atoms in total. The second kappa shape index (κ2) is 12.1. The van der Waals surface area contributed by atoms with E-state index in [0.29, 0.717) is 34.5 Å². The van der Waals surface area contributed by atoms with Crippen molar-refractivity contribution >= 4 is 46.6 Å². The molecular weight excluding hydrogens is 588 g/mol. The average molecular weight is 617 g/mol. The van der Waals surface area contributed by atoms with Gasteiger partial charge < -0.3 is 20.5 Å². The summed E-state index contributed by atoms with van der Waals surface area (Å²) in [5, 5.41) is 37.3. The van der Waals surface area contributed by atoms with Gasteiger partial charge in [-0.25, -0.2) is 28.9 Å². The number of nitrogens with one attached hydrogen (secondary N) is 1. The fraction of sp³-hybridized carbons (Fsp3) is 0.280. The molecule has 232 valence electrons. The Kier molecular flexibility index (Phi) is 8.11. The van der Waals surface area contributed by atoms with Crippen LogP contribution in [0.4, 0.5) is 34.6 Å². The van der Waals surface area contributed by atoms with Gasteiger partial charge in [-0.3, -0.25) is 0 Å². The van der Waals surface area contributed by atoms with Gasteiger partial charge in [0.1, 0.15) is 17.5 Å². The van der Waals surface area contributed by atoms with Crippen LogP contribution < -0.4 is 11.1 Å². The van der Waals surface area contributed by atoms with E-state index >= 15 is 0 Å². The smallest absolute Gasteiger partial charge is 0.343 e. The fourth-order valence-corrected chi connectivity index (χ4v) is 4.23. The molecule has 5 rings (SSSR count). The molecule has 0 unspecified atom stereocenters. The Morgan fingerprint density at radius 3 is 1.82 bits per heavy atom. The maximum Gasteiger partial charge on any atom is 0.343 e. The molecular formula is C25H28N16O4. The molecule has 0 bridgehead atoms. The zero-order valence-corrected chi connectivity index (χ0v) is 25.3. The topological polar surface area (TPSA) is 237 Å². The molecule has 0 atom stereocenters. The summed E-state index contributed by atoms with van der Waals surface area (Å²) in [4.78, 5) is 32.9. The molecule has 5 aromatic rings. The molecule has 0 fully saturated rings. The van der Waals surface area contributed by atoms with E-state index in [4.69, 9.17) is 15.2 Å². The van der Waals surface area contributed by atoms with Crippen molar-refractivity contribution in [3.63, 3.8) is 0 Å². The zero-order chi connectivity index (χ0) is 32.4. The summed E-state index contributed by atoms with van der Waals surface area (Å²) in [6.07, 6.45) is 4.02. The minimum Gasteiger partial charge on any atom is -0.465 e. The number of nitrogen functional groups attached to an aromatic ring is 1. The number of nitrogens with zero attached hydrogens (tertiary/aromatic N) is 14. The number of carbonyl (C=O) groups excluding carboxylic acids is 2. The minimum absolute atomic E-state index is 0.139. The third-order valence-corrected chi connectivity index (χ3v) is 6.52. The molecule has 0 aliphatic carbocycles. The van der Waals surface area contributed by atoms with Gasteiger partial charge in [-0.2, -0.15) is 29.8 Å². The largest absolute Gasteiger partial charge is 0.465 e. The molecule has 5 aromatic heterocycles. The minimum atomic E-state index is -0.603. The van der Waals surface area contributed by atoms with Crippen molar-refractivity contribution in [3.8, 4) is 11.6 Å². The number of azo groups is 2. The van der Waals surface area contributed by atoms with Gasteiger partial charge in [-0.15, -0.1) is 20.5 Å². The van der Waals surface area contributed by atoms with E-state index in [1.54, 1.807) is 41.1 Å². The van der Waals surface area contributed by atoms with Crippen molar-refractivity contribution < 1.29 is 19.1 Å². The molecule has 0 radical (unpaired) electrons. The van der Waals surface area contributed by atoms with Gasteiger partial charge in [-0.05, 0) is 13.8 Å². The molecule has 20 heteroatoms. The van der Waals surface area contributed by atoms with Gasteiger partial charge in [0.15, 0.2) is 46.3 Å². The summed E-state index contributed by atoms with van der Waals surface area (Å²) < 4.78 is 15.3. The molecule has 0 aromatic carbocycles. The van der Waals surface area contributed by atoms with Crippen LogP contribution in [0.5, 0.6) is 0 Å². The van der Waals surface area contributed by atoms with Crippen molar-refractivity contribution in [2.75, 3.05) is 32.3 Å². The number of carbonyl (C=O) groups is 2. The Hall–Kier alpha value is -6.34. The van der Waals surface area contributed by atoms with E-state index in [-0.39, 0.29) is 34.3 Å². The lowest BCUT2D eigenvalue weighted by Crippen LogP contribution is -2.09. The van der Waals surface area contributed by atoms with E-state index < -0.39 is 11.9 Å². The van der Waals surface area contributed by atoms with E-state index in [2.05, 4.69) is 56.1 Å². The van der Waals surface area contributed by atoms with Gasteiger partial charge in [0.25, 0.3) is 0 Å². The Morgan fingerprint density at radius 1 is 0.800 bits per heavy atom. The van der Waals surface area contributed by atoms with Crippen molar-refractivity contribution in [1.29, 1.82) is 0 Å². The van der Waals surface area contributed by atoms with E-state index in [0.717, 1.165) is 0 Å². The van der Waals surface area contributed by atoms with Crippen molar-refractivity contribution in [2.24, 2.45) is 34.6 Å². The Labute approximate surface area is 254 Å². The number of nitrogens with two attached hydrogens (primary N) is 1. The zero-order valence-electron chi connectivity index (χ0n) is 25.3. The fourth-order valence-electron chi connectivity index (χ4n) is 4.23. The molecule has 0 amide bonds. The SMILES string of the molecule is CNc1c(/N=N/c2c(C(=O)OC)cnn2C)c(C)nn1-c1cc(-n2nc(C)c(/N=N/c3c(C(=O)OC)cnn3C)c2N)ncn1. The normalized spacial score (nSPS) is 11.5. The van der Waals surface area contributed by atoms with Crippen molar-refractivity contribution in [1.82, 2.24) is 49.1 Å². The number of anilines is 2. The lowest BCUT2D eigenvalue weighted by Gasteiger charge is -2.08. The van der Waals surface area contributed by atoms with Gasteiger partial charge in [-0.1, -0.05) is 0 Å². The molecule has 0 spiro atoms. The molecule has 5 heterocycles. The predicted molar refractivity (Wildman–Crippen MR) is 157 cm³/mol. The summed E-state index contributed by atoms with van der Waals surface area (Å²) in [6, 6.07) is 1.62. The summed E-state index contributed by atoms with van der Waals surface area (Å²) in [6.45, 7) is 3.45. The van der Waals surface area contributed by atoms with Crippen LogP contribution in [0.15, 0.2) is 45.2 Å². The van der Waals surface area contributed by atoms with E-state index in [1.807, 2.05) is 0 Å². The molecule has 0 saturated heterocycles. The first-order valence-electron chi connectivity index (χ1n) is 13.1. The predicted octanol–water partition coefficient (Wildman–Crippen LogP) is 2.96. The van der Waals surface area contributed by atoms with Crippen LogP contribution in [0, 0.1) is 13.8 Å². The lowest BCUT2D eigenvalue weighted by molar-refractivity contribution is 0.0592. The maximum atomic E-state index is 12.1. The third kappa shape index (κ3) is 5.46. The van der Waals surface area contributed by atoms with E-state index in [9.17, 15) is 9.59 Å².